The monoisotopic (exact) mass is 349 g/mol. The minimum atomic E-state index is -0.874. The van der Waals surface area contributed by atoms with E-state index in [0.29, 0.717) is 5.56 Å². The Balaban J connectivity index is 2.40. The van der Waals surface area contributed by atoms with Gasteiger partial charge < -0.3 is 14.8 Å². The van der Waals surface area contributed by atoms with Gasteiger partial charge in [-0.3, -0.25) is 9.59 Å². The maximum Gasteiger partial charge on any atom is 0.407 e. The molecule has 0 aliphatic carbocycles. The highest BCUT2D eigenvalue weighted by Gasteiger charge is 2.20. The largest absolute Gasteiger partial charge is 0.454 e. The van der Waals surface area contributed by atoms with Crippen LogP contribution in [0.4, 0.5) is 4.79 Å². The van der Waals surface area contributed by atoms with Gasteiger partial charge in [0.15, 0.2) is 6.10 Å². The van der Waals surface area contributed by atoms with Crippen LogP contribution in [0.5, 0.6) is 0 Å². The molecule has 0 radical (unpaired) electrons. The summed E-state index contributed by atoms with van der Waals surface area (Å²) in [5.41, 5.74) is 1.04. The van der Waals surface area contributed by atoms with E-state index in [4.69, 9.17) is 9.47 Å². The molecule has 0 saturated carbocycles. The Morgan fingerprint density at radius 2 is 1.72 bits per heavy atom. The van der Waals surface area contributed by atoms with Gasteiger partial charge in [-0.25, -0.2) is 4.79 Å². The van der Waals surface area contributed by atoms with Crippen molar-refractivity contribution in [3.63, 3.8) is 0 Å². The molecule has 1 aromatic carbocycles. The van der Waals surface area contributed by atoms with E-state index < -0.39 is 23.8 Å². The summed E-state index contributed by atoms with van der Waals surface area (Å²) in [6.07, 6.45) is -0.614. The lowest BCUT2D eigenvalue weighted by Gasteiger charge is -2.19. The Morgan fingerprint density at radius 1 is 1.12 bits per heavy atom. The molecule has 138 valence electrons. The normalized spacial score (nSPS) is 12.2. The highest BCUT2D eigenvalue weighted by molar-refractivity contribution is 6.00. The Kier molecular flexibility index (Phi) is 7.61. The molecular weight excluding hydrogens is 322 g/mol. The van der Waals surface area contributed by atoms with E-state index in [1.54, 1.807) is 32.9 Å². The molecule has 1 aromatic rings. The standard InChI is InChI=1S/C19H27NO5/c1-6-14-7-9-15(10-8-14)17(22)13(2)24-16(21)11-12-20-18(23)25-19(3,4)5/h7-10,13H,6,11-12H2,1-5H3,(H,20,23)/t13-/m1/s1. The van der Waals surface area contributed by atoms with Crippen LogP contribution in [0.2, 0.25) is 0 Å². The third kappa shape index (κ3) is 7.83. The molecule has 0 fully saturated rings. The Bertz CT molecular complexity index is 601. The quantitative estimate of drug-likeness (QED) is 0.603. The maximum atomic E-state index is 12.3. The second-order valence-corrected chi connectivity index (χ2v) is 6.73. The average Bonchev–Trinajstić information content (AvgIpc) is 2.52. The first-order chi connectivity index (χ1) is 11.6. The molecule has 0 heterocycles. The van der Waals surface area contributed by atoms with Crippen molar-refractivity contribution in [3.8, 4) is 0 Å². The molecule has 0 saturated heterocycles. The zero-order valence-corrected chi connectivity index (χ0v) is 15.5. The van der Waals surface area contributed by atoms with E-state index in [9.17, 15) is 14.4 Å². The summed E-state index contributed by atoms with van der Waals surface area (Å²) in [6.45, 7) is 8.91. The number of rotatable bonds is 7. The summed E-state index contributed by atoms with van der Waals surface area (Å²) in [7, 11) is 0. The number of ketones is 1. The van der Waals surface area contributed by atoms with Crippen LogP contribution in [0.1, 0.15) is 57.0 Å². The van der Waals surface area contributed by atoms with Crippen molar-refractivity contribution in [2.45, 2.75) is 59.2 Å². The van der Waals surface area contributed by atoms with Gasteiger partial charge >= 0.3 is 12.1 Å². The lowest BCUT2D eigenvalue weighted by molar-refractivity contribution is -0.146. The molecule has 0 unspecified atom stereocenters. The van der Waals surface area contributed by atoms with E-state index in [1.807, 2.05) is 19.1 Å². The van der Waals surface area contributed by atoms with Crippen LogP contribution in [0, 0.1) is 0 Å². The SMILES string of the molecule is CCc1ccc(C(=O)[C@@H](C)OC(=O)CCNC(=O)OC(C)(C)C)cc1. The first-order valence-electron chi connectivity index (χ1n) is 8.42. The van der Waals surface area contributed by atoms with Crippen molar-refractivity contribution in [1.29, 1.82) is 0 Å². The number of Topliss-reactive ketones (excluding diaryl/α,β-unsaturated/α-hetero) is 1. The van der Waals surface area contributed by atoms with Gasteiger partial charge in [0, 0.05) is 12.1 Å². The number of carbonyl (C=O) groups excluding carboxylic acids is 3. The van der Waals surface area contributed by atoms with Gasteiger partial charge in [0.25, 0.3) is 0 Å². The minimum absolute atomic E-state index is 0.0361. The number of benzene rings is 1. The third-order valence-electron chi connectivity index (χ3n) is 3.32. The molecule has 1 rings (SSSR count). The second-order valence-electron chi connectivity index (χ2n) is 6.73. The second kappa shape index (κ2) is 9.20. The zero-order chi connectivity index (χ0) is 19.0. The van der Waals surface area contributed by atoms with Crippen LogP contribution in [0.3, 0.4) is 0 Å². The number of alkyl carbamates (subject to hydrolysis) is 1. The highest BCUT2D eigenvalue weighted by Crippen LogP contribution is 2.10. The molecule has 0 bridgehead atoms. The fourth-order valence-corrected chi connectivity index (χ4v) is 2.03. The summed E-state index contributed by atoms with van der Waals surface area (Å²) >= 11 is 0. The topological polar surface area (TPSA) is 81.7 Å². The van der Waals surface area contributed by atoms with Crippen molar-refractivity contribution in [2.75, 3.05) is 6.54 Å². The van der Waals surface area contributed by atoms with Crippen molar-refractivity contribution < 1.29 is 23.9 Å². The Morgan fingerprint density at radius 3 is 2.24 bits per heavy atom. The van der Waals surface area contributed by atoms with Crippen LogP contribution >= 0.6 is 0 Å². The van der Waals surface area contributed by atoms with Crippen molar-refractivity contribution in [3.05, 3.63) is 35.4 Å². The Hall–Kier alpha value is -2.37. The van der Waals surface area contributed by atoms with Crippen molar-refractivity contribution in [2.24, 2.45) is 0 Å². The predicted octanol–water partition coefficient (Wildman–Crippen LogP) is 3.28. The molecule has 0 aliphatic rings. The number of ether oxygens (including phenoxy) is 2. The van der Waals surface area contributed by atoms with Crippen molar-refractivity contribution >= 4 is 17.8 Å². The fraction of sp³-hybridized carbons (Fsp3) is 0.526. The summed E-state index contributed by atoms with van der Waals surface area (Å²) in [5.74, 6) is -0.807. The number of hydrogen-bond acceptors (Lipinski definition) is 5. The summed E-state index contributed by atoms with van der Waals surface area (Å²) < 4.78 is 10.2. The number of aryl methyl sites for hydroxylation is 1. The van der Waals surface area contributed by atoms with E-state index in [2.05, 4.69) is 5.32 Å². The first-order valence-corrected chi connectivity index (χ1v) is 8.42. The summed E-state index contributed by atoms with van der Waals surface area (Å²) in [6, 6.07) is 7.23. The van der Waals surface area contributed by atoms with Crippen LogP contribution in [0.25, 0.3) is 0 Å². The summed E-state index contributed by atoms with van der Waals surface area (Å²) in [4.78, 5) is 35.5. The van der Waals surface area contributed by atoms with E-state index in [-0.39, 0.29) is 18.7 Å². The average molecular weight is 349 g/mol. The van der Waals surface area contributed by atoms with Gasteiger partial charge in [-0.1, -0.05) is 31.2 Å². The number of nitrogens with one attached hydrogen (secondary N) is 1. The lowest BCUT2D eigenvalue weighted by Crippen LogP contribution is -2.34. The van der Waals surface area contributed by atoms with Crippen LogP contribution in [0.15, 0.2) is 24.3 Å². The number of esters is 1. The number of carbonyl (C=O) groups is 3. The lowest BCUT2D eigenvalue weighted by atomic mass is 10.0. The molecule has 0 aliphatic heterocycles. The Labute approximate surface area is 148 Å². The van der Waals surface area contributed by atoms with Gasteiger partial charge in [0.05, 0.1) is 6.42 Å². The van der Waals surface area contributed by atoms with Gasteiger partial charge in [-0.05, 0) is 39.7 Å². The molecule has 25 heavy (non-hydrogen) atoms. The third-order valence-corrected chi connectivity index (χ3v) is 3.32. The predicted molar refractivity (Wildman–Crippen MR) is 94.6 cm³/mol. The molecule has 6 heteroatoms. The van der Waals surface area contributed by atoms with E-state index in [1.165, 1.54) is 6.92 Å². The van der Waals surface area contributed by atoms with Gasteiger partial charge in [0.1, 0.15) is 5.60 Å². The molecule has 1 N–H and O–H groups in total. The van der Waals surface area contributed by atoms with E-state index in [0.717, 1.165) is 12.0 Å². The van der Waals surface area contributed by atoms with Gasteiger partial charge in [-0.15, -0.1) is 0 Å². The van der Waals surface area contributed by atoms with Gasteiger partial charge in [0.2, 0.25) is 5.78 Å². The van der Waals surface area contributed by atoms with Crippen LogP contribution in [-0.2, 0) is 20.7 Å². The molecular formula is C19H27NO5. The van der Waals surface area contributed by atoms with Crippen molar-refractivity contribution in [1.82, 2.24) is 5.32 Å². The number of amides is 1. The number of hydrogen-bond donors (Lipinski definition) is 1. The molecule has 1 amide bonds. The maximum absolute atomic E-state index is 12.3. The smallest absolute Gasteiger partial charge is 0.407 e. The van der Waals surface area contributed by atoms with Crippen LogP contribution < -0.4 is 5.32 Å². The summed E-state index contributed by atoms with van der Waals surface area (Å²) in [5, 5.41) is 2.47. The fourth-order valence-electron chi connectivity index (χ4n) is 2.03. The molecule has 0 spiro atoms. The molecule has 0 aromatic heterocycles. The van der Waals surface area contributed by atoms with E-state index >= 15 is 0 Å². The minimum Gasteiger partial charge on any atom is -0.454 e. The first kappa shape index (κ1) is 20.7. The van der Waals surface area contributed by atoms with Crippen LogP contribution in [-0.4, -0.2) is 36.1 Å². The molecule has 1 atom stereocenters. The highest BCUT2D eigenvalue weighted by atomic mass is 16.6. The zero-order valence-electron chi connectivity index (χ0n) is 15.5. The molecule has 6 nitrogen and oxygen atoms in total. The van der Waals surface area contributed by atoms with Gasteiger partial charge in [-0.2, -0.15) is 0 Å².